The fourth-order valence-corrected chi connectivity index (χ4v) is 8.85. The van der Waals surface area contributed by atoms with Gasteiger partial charge in [-0.15, -0.1) is 0 Å². The number of hydrogen-bond donors (Lipinski definition) is 1. The van der Waals surface area contributed by atoms with Crippen LogP contribution in [0.15, 0.2) is 45.6 Å². The molecule has 306 valence electrons. The van der Waals surface area contributed by atoms with Gasteiger partial charge in [-0.3, -0.25) is 23.9 Å². The molecule has 0 aliphatic carbocycles. The molecule has 3 saturated heterocycles. The molecule has 0 saturated carbocycles. The largest absolute Gasteiger partial charge is 0.454 e. The monoisotopic (exact) mass is 787 g/mol. The number of ether oxygens (including phenoxy) is 2. The van der Waals surface area contributed by atoms with Crippen LogP contribution in [0.5, 0.6) is 0 Å². The molecule has 4 aliphatic rings. The molecule has 0 radical (unpaired) electrons. The molecule has 57 heavy (non-hydrogen) atoms. The number of esters is 1. The molecule has 16 nitrogen and oxygen atoms in total. The summed E-state index contributed by atoms with van der Waals surface area (Å²) in [6.07, 6.45) is 2.95. The summed E-state index contributed by atoms with van der Waals surface area (Å²) in [6.45, 7) is 4.44. The van der Waals surface area contributed by atoms with Crippen molar-refractivity contribution in [2.45, 2.75) is 82.5 Å². The van der Waals surface area contributed by atoms with Gasteiger partial charge in [0.05, 0.1) is 5.52 Å². The first kappa shape index (κ1) is 39.8. The molecule has 4 aliphatic heterocycles. The molecular weight excluding hydrogens is 734 g/mol. The number of carbonyl (C=O) groups is 5. The minimum Gasteiger partial charge on any atom is -0.454 e. The Morgan fingerprint density at radius 2 is 1.61 bits per heavy atom. The number of aromatic nitrogens is 1. The van der Waals surface area contributed by atoms with Crippen LogP contribution in [0, 0.1) is 6.92 Å². The Morgan fingerprint density at radius 1 is 0.912 bits per heavy atom. The van der Waals surface area contributed by atoms with Crippen molar-refractivity contribution in [1.29, 1.82) is 0 Å². The summed E-state index contributed by atoms with van der Waals surface area (Å²) in [5, 5.41) is 3.03. The predicted molar refractivity (Wildman–Crippen MR) is 210 cm³/mol. The van der Waals surface area contributed by atoms with Crippen molar-refractivity contribution in [2.24, 2.45) is 7.05 Å². The molecule has 5 amide bonds. The lowest BCUT2D eigenvalue weighted by Gasteiger charge is -2.40. The lowest BCUT2D eigenvalue weighted by molar-refractivity contribution is -0.156. The zero-order valence-electron chi connectivity index (χ0n) is 33.2. The minimum atomic E-state index is -1.14. The molecule has 3 fully saturated rings. The quantitative estimate of drug-likeness (QED) is 0.319. The SMILES string of the molecule is Cc1cc(C[C@@H](OC(=O)N2CCC(N3CCc4ccccc4NC3=O)CC2)C(=O)N2CCC(N3CCC[C@@H]3C(=O)OCC(=O)N(C)C)CC2)cc2oc(=O)n(C)c12. The van der Waals surface area contributed by atoms with Crippen LogP contribution in [0.25, 0.3) is 11.1 Å². The number of nitrogens with zero attached hydrogens (tertiary/aromatic N) is 6. The second-order valence-electron chi connectivity index (χ2n) is 15.9. The standard InChI is InChI=1S/C41H53N7O9/c1-26-22-27(23-33-36(26)44(4)40(53)56-33)24-34(37(50)45-17-12-29(13-18-45)47-16-7-10-32(47)38(51)55-25-35(49)43(2)3)57-41(54)46-19-14-30(15-20-46)48-21-11-28-8-5-6-9-31(28)42-39(48)52/h5-6,8-9,22-23,29-30,32,34H,7,10-21,24-25H2,1-4H3,(H,42,52)/t32-,34-/m1/s1. The van der Waals surface area contributed by atoms with Gasteiger partial charge in [0, 0.05) is 78.1 Å². The van der Waals surface area contributed by atoms with Crippen LogP contribution in [0.4, 0.5) is 15.3 Å². The van der Waals surface area contributed by atoms with E-state index >= 15 is 0 Å². The molecule has 1 N–H and O–H groups in total. The number of benzene rings is 2. The number of urea groups is 1. The highest BCUT2D eigenvalue weighted by molar-refractivity contribution is 5.91. The molecule has 5 heterocycles. The van der Waals surface area contributed by atoms with Crippen molar-refractivity contribution >= 4 is 46.7 Å². The van der Waals surface area contributed by atoms with Crippen LogP contribution in [-0.4, -0.2) is 143 Å². The average Bonchev–Trinajstić information content (AvgIpc) is 3.76. The number of hydrogen-bond acceptors (Lipinski definition) is 10. The minimum absolute atomic E-state index is 0.0464. The van der Waals surface area contributed by atoms with Crippen LogP contribution in [-0.2, 0) is 43.7 Å². The summed E-state index contributed by atoms with van der Waals surface area (Å²) in [5.74, 6) is -1.49. The number of para-hydroxylation sites is 1. The fourth-order valence-electron chi connectivity index (χ4n) is 8.85. The van der Waals surface area contributed by atoms with E-state index in [1.54, 1.807) is 37.0 Å². The number of fused-ring (bicyclic) bond motifs is 2. The maximum atomic E-state index is 14.3. The smallest absolute Gasteiger partial charge is 0.419 e. The van der Waals surface area contributed by atoms with Crippen LogP contribution in [0.2, 0.25) is 0 Å². The van der Waals surface area contributed by atoms with Gasteiger partial charge in [-0.05, 0) is 87.2 Å². The summed E-state index contributed by atoms with van der Waals surface area (Å²) in [5.41, 5.74) is 4.44. The predicted octanol–water partition coefficient (Wildman–Crippen LogP) is 3.13. The van der Waals surface area contributed by atoms with Crippen LogP contribution < -0.4 is 11.1 Å². The Hall–Kier alpha value is -5.38. The second kappa shape index (κ2) is 17.0. The number of nitrogens with one attached hydrogen (secondary N) is 1. The Balaban J connectivity index is 1.01. The highest BCUT2D eigenvalue weighted by atomic mass is 16.6. The highest BCUT2D eigenvalue weighted by Crippen LogP contribution is 2.29. The molecule has 1 aromatic heterocycles. The fraction of sp³-hybridized carbons (Fsp3) is 0.561. The second-order valence-corrected chi connectivity index (χ2v) is 15.9. The number of amides is 5. The molecular formula is C41H53N7O9. The molecule has 16 heteroatoms. The summed E-state index contributed by atoms with van der Waals surface area (Å²) in [4.78, 5) is 87.4. The maximum absolute atomic E-state index is 14.3. The molecule has 7 rings (SSSR count). The Labute approximate surface area is 331 Å². The zero-order valence-corrected chi connectivity index (χ0v) is 33.2. The van der Waals surface area contributed by atoms with E-state index in [-0.39, 0.29) is 43.0 Å². The van der Waals surface area contributed by atoms with Gasteiger partial charge in [0.15, 0.2) is 18.3 Å². The van der Waals surface area contributed by atoms with E-state index in [1.807, 2.05) is 42.2 Å². The van der Waals surface area contributed by atoms with Crippen molar-refractivity contribution in [3.8, 4) is 0 Å². The Bertz CT molecular complexity index is 2060. The highest BCUT2D eigenvalue weighted by Gasteiger charge is 2.40. The van der Waals surface area contributed by atoms with Gasteiger partial charge >= 0.3 is 23.8 Å². The van der Waals surface area contributed by atoms with Crippen molar-refractivity contribution in [2.75, 3.05) is 65.3 Å². The molecule has 2 aromatic carbocycles. The normalized spacial score (nSPS) is 20.2. The number of piperidine rings is 2. The van der Waals surface area contributed by atoms with E-state index in [0.717, 1.165) is 36.2 Å². The van der Waals surface area contributed by atoms with Crippen LogP contribution in [0.3, 0.4) is 0 Å². The number of aryl methyl sites for hydroxylation is 2. The van der Waals surface area contributed by atoms with Crippen molar-refractivity contribution in [3.05, 3.63) is 63.6 Å². The van der Waals surface area contributed by atoms with Gasteiger partial charge in [0.25, 0.3) is 11.8 Å². The van der Waals surface area contributed by atoms with Crippen molar-refractivity contribution in [3.63, 3.8) is 0 Å². The third-order valence-corrected chi connectivity index (χ3v) is 12.0. The lowest BCUT2D eigenvalue weighted by Crippen LogP contribution is -2.53. The lowest BCUT2D eigenvalue weighted by atomic mass is 9.99. The van der Waals surface area contributed by atoms with Gasteiger partial charge in [-0.25, -0.2) is 14.4 Å². The Kier molecular flexibility index (Phi) is 11.9. The van der Waals surface area contributed by atoms with E-state index in [1.165, 1.54) is 9.47 Å². The average molecular weight is 788 g/mol. The molecule has 2 atom stereocenters. The third-order valence-electron chi connectivity index (χ3n) is 12.0. The van der Waals surface area contributed by atoms with Gasteiger partial charge < -0.3 is 38.8 Å². The number of likely N-dealkylation sites (tertiary alicyclic amines) is 3. The Morgan fingerprint density at radius 3 is 2.35 bits per heavy atom. The summed E-state index contributed by atoms with van der Waals surface area (Å²) in [6, 6.07) is 10.8. The van der Waals surface area contributed by atoms with Crippen LogP contribution in [0.1, 0.15) is 55.2 Å². The van der Waals surface area contributed by atoms with Gasteiger partial charge in [-0.1, -0.05) is 24.3 Å². The van der Waals surface area contributed by atoms with E-state index in [0.29, 0.717) is 81.5 Å². The number of anilines is 1. The molecule has 3 aromatic rings. The van der Waals surface area contributed by atoms with Crippen molar-refractivity contribution < 1.29 is 37.9 Å². The zero-order chi connectivity index (χ0) is 40.4. The summed E-state index contributed by atoms with van der Waals surface area (Å²) >= 11 is 0. The molecule has 0 bridgehead atoms. The number of oxazole rings is 1. The third kappa shape index (κ3) is 8.65. The topological polar surface area (TPSA) is 167 Å². The van der Waals surface area contributed by atoms with E-state index in [4.69, 9.17) is 13.9 Å². The van der Waals surface area contributed by atoms with Crippen LogP contribution >= 0.6 is 0 Å². The first-order chi connectivity index (χ1) is 27.4. The van der Waals surface area contributed by atoms with Gasteiger partial charge in [0.1, 0.15) is 6.04 Å². The number of rotatable bonds is 9. The maximum Gasteiger partial charge on any atom is 0.419 e. The van der Waals surface area contributed by atoms with Crippen molar-refractivity contribution in [1.82, 2.24) is 29.1 Å². The summed E-state index contributed by atoms with van der Waals surface area (Å²) in [7, 11) is 4.86. The molecule has 0 spiro atoms. The van der Waals surface area contributed by atoms with E-state index < -0.39 is 30.0 Å². The number of carbonyl (C=O) groups excluding carboxylic acids is 5. The van der Waals surface area contributed by atoms with Gasteiger partial charge in [-0.2, -0.15) is 0 Å². The summed E-state index contributed by atoms with van der Waals surface area (Å²) < 4.78 is 18.4. The van der Waals surface area contributed by atoms with E-state index in [9.17, 15) is 28.8 Å². The first-order valence-electron chi connectivity index (χ1n) is 20.0. The van der Waals surface area contributed by atoms with E-state index in [2.05, 4.69) is 10.2 Å². The van der Waals surface area contributed by atoms with Gasteiger partial charge in [0.2, 0.25) is 0 Å². The molecule has 0 unspecified atom stereocenters. The first-order valence-corrected chi connectivity index (χ1v) is 20.0. The number of likely N-dealkylation sites (N-methyl/N-ethyl adjacent to an activating group) is 1.